The van der Waals surface area contributed by atoms with Crippen LogP contribution in [0.2, 0.25) is 0 Å². The summed E-state index contributed by atoms with van der Waals surface area (Å²) in [6.07, 6.45) is 3.10. The molecule has 0 spiro atoms. The summed E-state index contributed by atoms with van der Waals surface area (Å²) in [6, 6.07) is 8.10. The van der Waals surface area contributed by atoms with Crippen LogP contribution in [0.1, 0.15) is 47.6 Å². The molecule has 5 nitrogen and oxygen atoms in total. The zero-order valence-corrected chi connectivity index (χ0v) is 11.8. The van der Waals surface area contributed by atoms with Crippen molar-refractivity contribution in [1.29, 1.82) is 0 Å². The summed E-state index contributed by atoms with van der Waals surface area (Å²) in [5.74, 6) is 1.30. The minimum atomic E-state index is -0.114. The maximum Gasteiger partial charge on any atom is 0.258 e. The molecule has 1 heterocycles. The van der Waals surface area contributed by atoms with E-state index in [0.29, 0.717) is 17.6 Å². The highest BCUT2D eigenvalue weighted by molar-refractivity contribution is 6.04. The van der Waals surface area contributed by atoms with Crippen LogP contribution in [0.15, 0.2) is 24.3 Å². The van der Waals surface area contributed by atoms with Crippen LogP contribution in [0.3, 0.4) is 0 Å². The molecule has 0 bridgehead atoms. The molecule has 3 rings (SSSR count). The molecule has 1 aromatic carbocycles. The summed E-state index contributed by atoms with van der Waals surface area (Å²) in [4.78, 5) is 12.4. The lowest BCUT2D eigenvalue weighted by Crippen LogP contribution is -2.17. The molecule has 1 aromatic heterocycles. The van der Waals surface area contributed by atoms with Gasteiger partial charge in [0.15, 0.2) is 0 Å². The van der Waals surface area contributed by atoms with E-state index in [1.165, 1.54) is 0 Å². The van der Waals surface area contributed by atoms with Crippen molar-refractivity contribution in [3.8, 4) is 0 Å². The van der Waals surface area contributed by atoms with E-state index in [0.717, 1.165) is 30.7 Å². The first kappa shape index (κ1) is 12.8. The summed E-state index contributed by atoms with van der Waals surface area (Å²) >= 11 is 0. The lowest BCUT2D eigenvalue weighted by Gasteiger charge is -2.10. The Morgan fingerprint density at radius 3 is 2.80 bits per heavy atom. The van der Waals surface area contributed by atoms with Crippen LogP contribution in [0.25, 0.3) is 0 Å². The number of anilines is 1. The Kier molecular flexibility index (Phi) is 3.26. The molecule has 104 valence electrons. The number of hydrogen-bond donors (Lipinski definition) is 1. The van der Waals surface area contributed by atoms with Crippen molar-refractivity contribution >= 4 is 11.9 Å². The van der Waals surface area contributed by atoms with Gasteiger partial charge in [-0.2, -0.15) is 0 Å². The molecule has 1 aliphatic rings. The third kappa shape index (κ3) is 2.31. The van der Waals surface area contributed by atoms with E-state index >= 15 is 0 Å². The van der Waals surface area contributed by atoms with Crippen LogP contribution in [-0.4, -0.2) is 20.7 Å². The fourth-order valence-electron chi connectivity index (χ4n) is 2.44. The van der Waals surface area contributed by atoms with Crippen LogP contribution in [0, 0.1) is 6.92 Å². The van der Waals surface area contributed by atoms with Crippen molar-refractivity contribution in [3.63, 3.8) is 0 Å². The van der Waals surface area contributed by atoms with E-state index < -0.39 is 0 Å². The number of amides is 1. The lowest BCUT2D eigenvalue weighted by atomic mass is 10.1. The predicted molar refractivity (Wildman–Crippen MR) is 76.8 cm³/mol. The van der Waals surface area contributed by atoms with Gasteiger partial charge in [0.25, 0.3) is 5.91 Å². The number of nitrogens with one attached hydrogen (secondary N) is 1. The average molecular weight is 270 g/mol. The lowest BCUT2D eigenvalue weighted by molar-refractivity contribution is 0.102. The van der Waals surface area contributed by atoms with Gasteiger partial charge >= 0.3 is 0 Å². The molecule has 1 saturated carbocycles. The topological polar surface area (TPSA) is 59.8 Å². The van der Waals surface area contributed by atoms with Crippen LogP contribution in [0.4, 0.5) is 5.95 Å². The number of rotatable bonds is 4. The molecular formula is C15H18N4O. The Labute approximate surface area is 118 Å². The Hall–Kier alpha value is -2.17. The van der Waals surface area contributed by atoms with Gasteiger partial charge in [0.05, 0.1) is 0 Å². The second-order valence-corrected chi connectivity index (χ2v) is 5.14. The summed E-state index contributed by atoms with van der Waals surface area (Å²) < 4.78 is 2.02. The Bertz CT molecular complexity index is 643. The van der Waals surface area contributed by atoms with Gasteiger partial charge in [0, 0.05) is 11.6 Å². The molecule has 0 unspecified atom stereocenters. The van der Waals surface area contributed by atoms with Crippen molar-refractivity contribution in [2.45, 2.75) is 39.2 Å². The summed E-state index contributed by atoms with van der Waals surface area (Å²) in [7, 11) is 0. The van der Waals surface area contributed by atoms with E-state index in [1.807, 2.05) is 42.7 Å². The van der Waals surface area contributed by atoms with Crippen LogP contribution >= 0.6 is 0 Å². The van der Waals surface area contributed by atoms with Crippen molar-refractivity contribution in [2.24, 2.45) is 0 Å². The van der Waals surface area contributed by atoms with Crippen molar-refractivity contribution < 1.29 is 4.79 Å². The van der Waals surface area contributed by atoms with Crippen molar-refractivity contribution in [2.75, 3.05) is 5.32 Å². The molecule has 1 amide bonds. The molecule has 0 atom stereocenters. The monoisotopic (exact) mass is 270 g/mol. The molecule has 0 radical (unpaired) electrons. The van der Waals surface area contributed by atoms with E-state index in [2.05, 4.69) is 15.5 Å². The van der Waals surface area contributed by atoms with E-state index in [9.17, 15) is 4.79 Å². The van der Waals surface area contributed by atoms with Gasteiger partial charge in [-0.3, -0.25) is 14.7 Å². The number of carbonyl (C=O) groups excluding carboxylic acids is 1. The Morgan fingerprint density at radius 1 is 1.35 bits per heavy atom. The number of nitrogens with zero attached hydrogens (tertiary/aromatic N) is 3. The van der Waals surface area contributed by atoms with Gasteiger partial charge in [0.1, 0.15) is 5.82 Å². The van der Waals surface area contributed by atoms with Gasteiger partial charge < -0.3 is 0 Å². The zero-order valence-electron chi connectivity index (χ0n) is 11.8. The van der Waals surface area contributed by atoms with Gasteiger partial charge in [-0.15, -0.1) is 10.2 Å². The molecule has 1 fully saturated rings. The molecule has 20 heavy (non-hydrogen) atoms. The maximum absolute atomic E-state index is 12.4. The minimum absolute atomic E-state index is 0.114. The molecule has 1 aliphatic carbocycles. The highest BCUT2D eigenvalue weighted by Crippen LogP contribution is 2.37. The summed E-state index contributed by atoms with van der Waals surface area (Å²) in [5.41, 5.74) is 1.75. The summed E-state index contributed by atoms with van der Waals surface area (Å²) in [5, 5.41) is 11.0. The highest BCUT2D eigenvalue weighted by atomic mass is 16.1. The second-order valence-electron chi connectivity index (χ2n) is 5.14. The smallest absolute Gasteiger partial charge is 0.258 e. The van der Waals surface area contributed by atoms with Gasteiger partial charge in [-0.1, -0.05) is 25.1 Å². The number of benzene rings is 1. The van der Waals surface area contributed by atoms with Crippen molar-refractivity contribution in [1.82, 2.24) is 14.8 Å². The van der Waals surface area contributed by atoms with Crippen LogP contribution in [0.5, 0.6) is 0 Å². The van der Waals surface area contributed by atoms with Gasteiger partial charge in [0.2, 0.25) is 5.95 Å². The van der Waals surface area contributed by atoms with Crippen LogP contribution in [-0.2, 0) is 6.42 Å². The molecular weight excluding hydrogens is 252 g/mol. The Balaban J connectivity index is 1.86. The SMILES string of the molecule is CCc1ccccc1C(=O)Nc1nnc(C)n1C1CC1. The first-order chi connectivity index (χ1) is 9.70. The number of aromatic nitrogens is 3. The normalized spacial score (nSPS) is 14.3. The van der Waals surface area contributed by atoms with E-state index in [1.54, 1.807) is 0 Å². The fraction of sp³-hybridized carbons (Fsp3) is 0.400. The second kappa shape index (κ2) is 5.07. The first-order valence-electron chi connectivity index (χ1n) is 7.01. The third-order valence-electron chi connectivity index (χ3n) is 3.65. The summed E-state index contributed by atoms with van der Waals surface area (Å²) in [6.45, 7) is 3.96. The van der Waals surface area contributed by atoms with E-state index in [-0.39, 0.29) is 5.91 Å². The average Bonchev–Trinajstić information content (AvgIpc) is 3.23. The standard InChI is InChI=1S/C15H18N4O/c1-3-11-6-4-5-7-13(11)14(20)16-15-18-17-10(2)19(15)12-8-9-12/h4-7,12H,3,8-9H2,1-2H3,(H,16,18,20). The highest BCUT2D eigenvalue weighted by Gasteiger charge is 2.29. The predicted octanol–water partition coefficient (Wildman–Crippen LogP) is 2.74. The quantitative estimate of drug-likeness (QED) is 0.929. The van der Waals surface area contributed by atoms with Crippen molar-refractivity contribution in [3.05, 3.63) is 41.2 Å². The maximum atomic E-state index is 12.4. The fourth-order valence-corrected chi connectivity index (χ4v) is 2.44. The van der Waals surface area contributed by atoms with Gasteiger partial charge in [-0.25, -0.2) is 0 Å². The molecule has 1 N–H and O–H groups in total. The third-order valence-corrected chi connectivity index (χ3v) is 3.65. The first-order valence-corrected chi connectivity index (χ1v) is 7.01. The molecule has 0 aliphatic heterocycles. The largest absolute Gasteiger partial charge is 0.294 e. The minimum Gasteiger partial charge on any atom is -0.294 e. The molecule has 0 saturated heterocycles. The number of carbonyl (C=O) groups is 1. The molecule has 2 aromatic rings. The Morgan fingerprint density at radius 2 is 2.10 bits per heavy atom. The zero-order chi connectivity index (χ0) is 14.1. The number of hydrogen-bond acceptors (Lipinski definition) is 3. The van der Waals surface area contributed by atoms with E-state index in [4.69, 9.17) is 0 Å². The molecule has 5 heteroatoms. The van der Waals surface area contributed by atoms with Gasteiger partial charge in [-0.05, 0) is 37.8 Å². The van der Waals surface area contributed by atoms with Crippen LogP contribution < -0.4 is 5.32 Å². The number of aryl methyl sites for hydroxylation is 2.